The Morgan fingerprint density at radius 1 is 1.52 bits per heavy atom. The van der Waals surface area contributed by atoms with Crippen molar-refractivity contribution in [2.75, 3.05) is 13.2 Å². The summed E-state index contributed by atoms with van der Waals surface area (Å²) < 4.78 is 5.76. The van der Waals surface area contributed by atoms with Crippen molar-refractivity contribution in [3.63, 3.8) is 0 Å². The summed E-state index contributed by atoms with van der Waals surface area (Å²) in [7, 11) is 0. The van der Waals surface area contributed by atoms with Gasteiger partial charge in [-0.15, -0.1) is 0 Å². The van der Waals surface area contributed by atoms with Gasteiger partial charge in [0.15, 0.2) is 0 Å². The maximum atomic E-state index is 12.1. The van der Waals surface area contributed by atoms with Crippen LogP contribution in [-0.2, 0) is 14.3 Å². The molecule has 2 heterocycles. The Morgan fingerprint density at radius 2 is 2.29 bits per heavy atom. The van der Waals surface area contributed by atoms with Crippen LogP contribution in [0.25, 0.3) is 0 Å². The van der Waals surface area contributed by atoms with E-state index in [0.29, 0.717) is 32.4 Å². The summed E-state index contributed by atoms with van der Waals surface area (Å²) in [5.74, 6) is 0.421. The number of hydrogen-bond donors (Lipinski definition) is 1. The SMILES string of the molecule is C=CC1=C(CC(C)=CC)OCCN1C1CCC(=O)NC1=O. The van der Waals surface area contributed by atoms with Crippen LogP contribution < -0.4 is 5.32 Å². The number of hydrogen-bond acceptors (Lipinski definition) is 4. The smallest absolute Gasteiger partial charge is 0.249 e. The molecule has 2 amide bonds. The molecule has 0 aliphatic carbocycles. The number of rotatable bonds is 4. The second-order valence-corrected chi connectivity index (χ2v) is 5.33. The van der Waals surface area contributed by atoms with Crippen molar-refractivity contribution in [1.29, 1.82) is 0 Å². The summed E-state index contributed by atoms with van der Waals surface area (Å²) in [5.41, 5.74) is 2.06. The Kier molecular flexibility index (Phi) is 4.83. The third-order valence-electron chi connectivity index (χ3n) is 3.92. The van der Waals surface area contributed by atoms with E-state index in [0.717, 1.165) is 11.5 Å². The van der Waals surface area contributed by atoms with Gasteiger partial charge in [0, 0.05) is 12.8 Å². The lowest BCUT2D eigenvalue weighted by molar-refractivity contribution is -0.137. The van der Waals surface area contributed by atoms with Crippen molar-refractivity contribution in [2.24, 2.45) is 0 Å². The van der Waals surface area contributed by atoms with Crippen LogP contribution in [0.4, 0.5) is 0 Å². The zero-order valence-electron chi connectivity index (χ0n) is 12.6. The van der Waals surface area contributed by atoms with Gasteiger partial charge >= 0.3 is 0 Å². The number of imide groups is 1. The molecule has 0 spiro atoms. The number of amides is 2. The minimum atomic E-state index is -0.319. The average Bonchev–Trinajstić information content (AvgIpc) is 2.47. The fourth-order valence-electron chi connectivity index (χ4n) is 2.65. The molecule has 1 unspecified atom stereocenters. The van der Waals surface area contributed by atoms with Gasteiger partial charge in [0.05, 0.1) is 12.2 Å². The largest absolute Gasteiger partial charge is 0.494 e. The lowest BCUT2D eigenvalue weighted by Crippen LogP contribution is -2.53. The summed E-state index contributed by atoms with van der Waals surface area (Å²) >= 11 is 0. The van der Waals surface area contributed by atoms with Gasteiger partial charge in [-0.25, -0.2) is 0 Å². The highest BCUT2D eigenvalue weighted by atomic mass is 16.5. The summed E-state index contributed by atoms with van der Waals surface area (Å²) in [5, 5.41) is 2.41. The minimum absolute atomic E-state index is 0.196. The molecule has 1 fully saturated rings. The highest BCUT2D eigenvalue weighted by molar-refractivity contribution is 6.00. The highest BCUT2D eigenvalue weighted by Gasteiger charge is 2.34. The number of carbonyl (C=O) groups is 2. The molecule has 21 heavy (non-hydrogen) atoms. The first kappa shape index (κ1) is 15.4. The van der Waals surface area contributed by atoms with Crippen LogP contribution in [0.5, 0.6) is 0 Å². The van der Waals surface area contributed by atoms with Crippen LogP contribution >= 0.6 is 0 Å². The predicted octanol–water partition coefficient (Wildman–Crippen LogP) is 1.88. The summed E-state index contributed by atoms with van der Waals surface area (Å²) in [4.78, 5) is 25.4. The number of nitrogens with one attached hydrogen (secondary N) is 1. The van der Waals surface area contributed by atoms with Crippen molar-refractivity contribution in [3.8, 4) is 0 Å². The Morgan fingerprint density at radius 3 is 2.90 bits per heavy atom. The van der Waals surface area contributed by atoms with Crippen molar-refractivity contribution in [3.05, 3.63) is 35.8 Å². The van der Waals surface area contributed by atoms with Gasteiger partial charge < -0.3 is 9.64 Å². The van der Waals surface area contributed by atoms with Crippen LogP contribution in [0.2, 0.25) is 0 Å². The molecule has 114 valence electrons. The second-order valence-electron chi connectivity index (χ2n) is 5.33. The maximum Gasteiger partial charge on any atom is 0.249 e. The summed E-state index contributed by atoms with van der Waals surface area (Å²) in [6, 6.07) is -0.319. The molecular weight excluding hydrogens is 268 g/mol. The van der Waals surface area contributed by atoms with E-state index in [1.54, 1.807) is 6.08 Å². The Hall–Kier alpha value is -2.04. The topological polar surface area (TPSA) is 58.6 Å². The van der Waals surface area contributed by atoms with Crippen LogP contribution in [0, 0.1) is 0 Å². The predicted molar refractivity (Wildman–Crippen MR) is 80.1 cm³/mol. The number of allylic oxidation sites excluding steroid dienone is 3. The normalized spacial score (nSPS) is 23.8. The first-order chi connectivity index (χ1) is 10.1. The minimum Gasteiger partial charge on any atom is -0.494 e. The lowest BCUT2D eigenvalue weighted by atomic mass is 10.0. The fourth-order valence-corrected chi connectivity index (χ4v) is 2.65. The molecule has 5 nitrogen and oxygen atoms in total. The zero-order valence-corrected chi connectivity index (χ0v) is 12.6. The van der Waals surface area contributed by atoms with E-state index in [-0.39, 0.29) is 17.9 Å². The molecule has 5 heteroatoms. The quantitative estimate of drug-likeness (QED) is 0.634. The van der Waals surface area contributed by atoms with E-state index in [9.17, 15) is 9.59 Å². The molecule has 2 aliphatic rings. The van der Waals surface area contributed by atoms with Crippen molar-refractivity contribution in [2.45, 2.75) is 39.2 Å². The number of piperidine rings is 1. The Labute approximate surface area is 125 Å². The third-order valence-corrected chi connectivity index (χ3v) is 3.92. The van der Waals surface area contributed by atoms with E-state index in [4.69, 9.17) is 4.74 Å². The van der Waals surface area contributed by atoms with Gasteiger partial charge in [-0.2, -0.15) is 0 Å². The van der Waals surface area contributed by atoms with Gasteiger partial charge in [0.25, 0.3) is 0 Å². The highest BCUT2D eigenvalue weighted by Crippen LogP contribution is 2.27. The molecule has 2 rings (SSSR count). The van der Waals surface area contributed by atoms with E-state index in [1.807, 2.05) is 24.8 Å². The molecule has 0 radical (unpaired) electrons. The lowest BCUT2D eigenvalue weighted by Gasteiger charge is -2.39. The molecule has 2 aliphatic heterocycles. The van der Waals surface area contributed by atoms with Gasteiger partial charge in [0.2, 0.25) is 11.8 Å². The van der Waals surface area contributed by atoms with E-state index in [1.165, 1.54) is 5.57 Å². The molecule has 0 saturated carbocycles. The van der Waals surface area contributed by atoms with Gasteiger partial charge in [-0.3, -0.25) is 14.9 Å². The van der Waals surface area contributed by atoms with Crippen LogP contribution in [-0.4, -0.2) is 35.9 Å². The molecule has 0 aromatic heterocycles. The van der Waals surface area contributed by atoms with E-state index >= 15 is 0 Å². The molecule has 1 saturated heterocycles. The standard InChI is InChI=1S/C16H22N2O3/c1-4-11(3)10-14-12(5-2)18(8-9-21-14)13-6-7-15(19)17-16(13)20/h4-5,13H,2,6-10H2,1,3H3,(H,17,19,20). The first-order valence-corrected chi connectivity index (χ1v) is 7.27. The molecule has 1 N–H and O–H groups in total. The second kappa shape index (κ2) is 6.61. The zero-order chi connectivity index (χ0) is 15.4. The average molecular weight is 290 g/mol. The third kappa shape index (κ3) is 3.35. The van der Waals surface area contributed by atoms with E-state index < -0.39 is 0 Å². The van der Waals surface area contributed by atoms with Gasteiger partial charge in [-0.05, 0) is 26.3 Å². The molecule has 0 aromatic rings. The van der Waals surface area contributed by atoms with Gasteiger partial charge in [-0.1, -0.05) is 18.2 Å². The first-order valence-electron chi connectivity index (χ1n) is 7.27. The van der Waals surface area contributed by atoms with E-state index in [2.05, 4.69) is 11.9 Å². The van der Waals surface area contributed by atoms with Gasteiger partial charge in [0.1, 0.15) is 18.4 Å². The number of carbonyl (C=O) groups excluding carboxylic acids is 2. The molecule has 1 atom stereocenters. The number of nitrogens with zero attached hydrogens (tertiary/aromatic N) is 1. The molecule has 0 aromatic carbocycles. The Balaban J connectivity index is 2.25. The number of ether oxygens (including phenoxy) is 1. The van der Waals surface area contributed by atoms with Crippen molar-refractivity contribution in [1.82, 2.24) is 10.2 Å². The Bertz CT molecular complexity index is 520. The van der Waals surface area contributed by atoms with Crippen molar-refractivity contribution < 1.29 is 14.3 Å². The summed E-state index contributed by atoms with van der Waals surface area (Å²) in [6.07, 6.45) is 5.41. The van der Waals surface area contributed by atoms with Crippen LogP contribution in [0.3, 0.4) is 0 Å². The molecular formula is C16H22N2O3. The fraction of sp³-hybridized carbons (Fsp3) is 0.500. The van der Waals surface area contributed by atoms with Crippen LogP contribution in [0.15, 0.2) is 35.8 Å². The summed E-state index contributed by atoms with van der Waals surface area (Å²) in [6.45, 7) is 9.06. The van der Waals surface area contributed by atoms with Crippen molar-refractivity contribution >= 4 is 11.8 Å². The molecule has 0 bridgehead atoms. The monoisotopic (exact) mass is 290 g/mol. The van der Waals surface area contributed by atoms with Crippen LogP contribution in [0.1, 0.15) is 33.1 Å². The maximum absolute atomic E-state index is 12.1.